The normalized spacial score (nSPS) is 10.6. The van der Waals surface area contributed by atoms with E-state index in [0.717, 1.165) is 19.5 Å². The van der Waals surface area contributed by atoms with Crippen LogP contribution in [0.4, 0.5) is 11.5 Å². The maximum atomic E-state index is 11.7. The first kappa shape index (κ1) is 15.2. The van der Waals surface area contributed by atoms with Crippen molar-refractivity contribution in [3.63, 3.8) is 0 Å². The summed E-state index contributed by atoms with van der Waals surface area (Å²) in [6.07, 6.45) is 2.53. The molecule has 0 radical (unpaired) electrons. The first-order valence-electron chi connectivity index (χ1n) is 6.15. The molecule has 0 saturated heterocycles. The number of nitrogen functional groups attached to an aromatic ring is 1. The number of nitrogens with two attached hydrogens (primary N) is 1. The van der Waals surface area contributed by atoms with Crippen LogP contribution in [0.5, 0.6) is 0 Å². The SMILES string of the molecule is COC(=O)c1cc(N)cnc1N(C)CCCN(C)C. The van der Waals surface area contributed by atoms with E-state index in [-0.39, 0.29) is 0 Å². The number of rotatable bonds is 6. The zero-order chi connectivity index (χ0) is 14.4. The van der Waals surface area contributed by atoms with Crippen LogP contribution in [-0.4, -0.2) is 57.2 Å². The fraction of sp³-hybridized carbons (Fsp3) is 0.538. The molecule has 0 atom stereocenters. The van der Waals surface area contributed by atoms with Crippen molar-refractivity contribution in [3.8, 4) is 0 Å². The van der Waals surface area contributed by atoms with Crippen molar-refractivity contribution in [1.82, 2.24) is 9.88 Å². The van der Waals surface area contributed by atoms with Crippen LogP contribution in [0.2, 0.25) is 0 Å². The molecular weight excluding hydrogens is 244 g/mol. The topological polar surface area (TPSA) is 71.7 Å². The summed E-state index contributed by atoms with van der Waals surface area (Å²) in [5.41, 5.74) is 6.51. The van der Waals surface area contributed by atoms with E-state index in [9.17, 15) is 4.79 Å². The molecule has 106 valence electrons. The van der Waals surface area contributed by atoms with Crippen LogP contribution >= 0.6 is 0 Å². The highest BCUT2D eigenvalue weighted by Gasteiger charge is 2.16. The molecular formula is C13H22N4O2. The van der Waals surface area contributed by atoms with Crippen molar-refractivity contribution in [2.24, 2.45) is 0 Å². The van der Waals surface area contributed by atoms with E-state index in [1.165, 1.54) is 7.11 Å². The quantitative estimate of drug-likeness (QED) is 0.769. The second kappa shape index (κ2) is 6.94. The van der Waals surface area contributed by atoms with Gasteiger partial charge in [-0.2, -0.15) is 0 Å². The minimum Gasteiger partial charge on any atom is -0.465 e. The first-order chi connectivity index (χ1) is 8.95. The van der Waals surface area contributed by atoms with Gasteiger partial charge >= 0.3 is 5.97 Å². The maximum absolute atomic E-state index is 11.7. The molecule has 0 spiro atoms. The Morgan fingerprint density at radius 3 is 2.63 bits per heavy atom. The molecule has 1 heterocycles. The summed E-state index contributed by atoms with van der Waals surface area (Å²) in [6, 6.07) is 1.59. The van der Waals surface area contributed by atoms with Gasteiger partial charge in [0.2, 0.25) is 0 Å². The third kappa shape index (κ3) is 4.40. The van der Waals surface area contributed by atoms with Crippen LogP contribution < -0.4 is 10.6 Å². The Morgan fingerprint density at radius 2 is 2.05 bits per heavy atom. The van der Waals surface area contributed by atoms with Crippen LogP contribution in [0.25, 0.3) is 0 Å². The van der Waals surface area contributed by atoms with Gasteiger partial charge in [-0.05, 0) is 33.1 Å². The fourth-order valence-electron chi connectivity index (χ4n) is 1.77. The van der Waals surface area contributed by atoms with Crippen LogP contribution in [0.1, 0.15) is 16.8 Å². The third-order valence-corrected chi connectivity index (χ3v) is 2.75. The van der Waals surface area contributed by atoms with Crippen molar-refractivity contribution in [2.75, 3.05) is 52.0 Å². The third-order valence-electron chi connectivity index (χ3n) is 2.75. The Kier molecular flexibility index (Phi) is 5.57. The molecule has 0 saturated carbocycles. The number of esters is 1. The number of hydrogen-bond acceptors (Lipinski definition) is 6. The molecule has 19 heavy (non-hydrogen) atoms. The number of pyridine rings is 1. The van der Waals surface area contributed by atoms with Crippen molar-refractivity contribution < 1.29 is 9.53 Å². The number of ether oxygens (including phenoxy) is 1. The summed E-state index contributed by atoms with van der Waals surface area (Å²) in [7, 11) is 7.31. The fourth-order valence-corrected chi connectivity index (χ4v) is 1.77. The highest BCUT2D eigenvalue weighted by Crippen LogP contribution is 2.20. The molecule has 0 aliphatic carbocycles. The van der Waals surface area contributed by atoms with Gasteiger partial charge in [0.15, 0.2) is 0 Å². The number of hydrogen-bond donors (Lipinski definition) is 1. The second-order valence-electron chi connectivity index (χ2n) is 4.71. The summed E-state index contributed by atoms with van der Waals surface area (Å²) < 4.78 is 4.76. The smallest absolute Gasteiger partial charge is 0.341 e. The molecule has 1 rings (SSSR count). The molecule has 0 amide bonds. The van der Waals surface area contributed by atoms with Gasteiger partial charge in [0.25, 0.3) is 0 Å². The van der Waals surface area contributed by atoms with Gasteiger partial charge in [-0.15, -0.1) is 0 Å². The van der Waals surface area contributed by atoms with Crippen molar-refractivity contribution >= 4 is 17.5 Å². The average molecular weight is 266 g/mol. The summed E-state index contributed by atoms with van der Waals surface area (Å²) in [5, 5.41) is 0. The molecule has 0 bridgehead atoms. The number of methoxy groups -OCH3 is 1. The molecule has 0 aliphatic heterocycles. The summed E-state index contributed by atoms with van der Waals surface area (Å²) in [4.78, 5) is 20.0. The predicted molar refractivity (Wildman–Crippen MR) is 76.4 cm³/mol. The minimum absolute atomic E-state index is 0.398. The molecule has 0 aliphatic rings. The maximum Gasteiger partial charge on any atom is 0.341 e. The Bertz CT molecular complexity index is 435. The number of carbonyl (C=O) groups is 1. The van der Waals surface area contributed by atoms with Crippen molar-refractivity contribution in [3.05, 3.63) is 17.8 Å². The standard InChI is InChI=1S/C13H22N4O2/c1-16(2)6-5-7-17(3)12-11(13(18)19-4)8-10(14)9-15-12/h8-9H,5-7,14H2,1-4H3. The van der Waals surface area contributed by atoms with E-state index in [4.69, 9.17) is 10.5 Å². The largest absolute Gasteiger partial charge is 0.465 e. The molecule has 1 aromatic heterocycles. The Morgan fingerprint density at radius 1 is 1.37 bits per heavy atom. The highest BCUT2D eigenvalue weighted by molar-refractivity contribution is 5.95. The zero-order valence-electron chi connectivity index (χ0n) is 12.0. The predicted octanol–water partition coefficient (Wildman–Crippen LogP) is 0.838. The lowest BCUT2D eigenvalue weighted by molar-refractivity contribution is 0.0601. The minimum atomic E-state index is -0.422. The molecule has 0 fully saturated rings. The van der Waals surface area contributed by atoms with Crippen LogP contribution in [0.3, 0.4) is 0 Å². The Hall–Kier alpha value is -1.82. The van der Waals surface area contributed by atoms with Crippen LogP contribution in [0.15, 0.2) is 12.3 Å². The molecule has 0 unspecified atom stereocenters. The van der Waals surface area contributed by atoms with E-state index in [1.54, 1.807) is 12.3 Å². The van der Waals surface area contributed by atoms with E-state index in [1.807, 2.05) is 26.0 Å². The molecule has 2 N–H and O–H groups in total. The number of anilines is 2. The van der Waals surface area contributed by atoms with Crippen LogP contribution in [-0.2, 0) is 4.74 Å². The van der Waals surface area contributed by atoms with Gasteiger partial charge in [-0.3, -0.25) is 0 Å². The number of nitrogens with zero attached hydrogens (tertiary/aromatic N) is 3. The van der Waals surface area contributed by atoms with E-state index in [0.29, 0.717) is 17.1 Å². The van der Waals surface area contributed by atoms with Gasteiger partial charge < -0.3 is 20.3 Å². The van der Waals surface area contributed by atoms with Gasteiger partial charge in [0.05, 0.1) is 19.0 Å². The van der Waals surface area contributed by atoms with E-state index < -0.39 is 5.97 Å². The lowest BCUT2D eigenvalue weighted by Gasteiger charge is -2.21. The van der Waals surface area contributed by atoms with Crippen molar-refractivity contribution in [1.29, 1.82) is 0 Å². The Labute approximate surface area is 114 Å². The summed E-state index contributed by atoms with van der Waals surface area (Å²) >= 11 is 0. The first-order valence-corrected chi connectivity index (χ1v) is 6.15. The van der Waals surface area contributed by atoms with E-state index >= 15 is 0 Å². The Balaban J connectivity index is 2.83. The summed E-state index contributed by atoms with van der Waals surface area (Å²) in [5.74, 6) is 0.175. The lowest BCUT2D eigenvalue weighted by atomic mass is 10.2. The average Bonchev–Trinajstić information content (AvgIpc) is 2.37. The van der Waals surface area contributed by atoms with Crippen LogP contribution in [0, 0.1) is 0 Å². The van der Waals surface area contributed by atoms with E-state index in [2.05, 4.69) is 9.88 Å². The second-order valence-corrected chi connectivity index (χ2v) is 4.71. The molecule has 6 heteroatoms. The van der Waals surface area contributed by atoms with Gasteiger partial charge in [0, 0.05) is 13.6 Å². The monoisotopic (exact) mass is 266 g/mol. The highest BCUT2D eigenvalue weighted by atomic mass is 16.5. The molecule has 1 aromatic rings. The number of aromatic nitrogens is 1. The van der Waals surface area contributed by atoms with Gasteiger partial charge in [0.1, 0.15) is 11.4 Å². The summed E-state index contributed by atoms with van der Waals surface area (Å²) in [6.45, 7) is 1.78. The van der Waals surface area contributed by atoms with Gasteiger partial charge in [-0.1, -0.05) is 0 Å². The van der Waals surface area contributed by atoms with Crippen molar-refractivity contribution in [2.45, 2.75) is 6.42 Å². The molecule has 0 aromatic carbocycles. The molecule has 6 nitrogen and oxygen atoms in total. The van der Waals surface area contributed by atoms with Gasteiger partial charge in [-0.25, -0.2) is 9.78 Å². The zero-order valence-corrected chi connectivity index (χ0v) is 12.0. The number of carbonyl (C=O) groups excluding carboxylic acids is 1. The lowest BCUT2D eigenvalue weighted by Crippen LogP contribution is -2.26.